The van der Waals surface area contributed by atoms with Gasteiger partial charge in [0.2, 0.25) is 10.0 Å². The van der Waals surface area contributed by atoms with E-state index in [1.165, 1.54) is 6.21 Å². The second kappa shape index (κ2) is 7.80. The summed E-state index contributed by atoms with van der Waals surface area (Å²) in [6.45, 7) is 1.15. The van der Waals surface area contributed by atoms with Crippen molar-refractivity contribution >= 4 is 21.9 Å². The highest BCUT2D eigenvalue weighted by Crippen LogP contribution is 2.24. The number of phenolic OH excluding ortho intramolecular Hbond substituents is 1. The second-order valence-corrected chi connectivity index (χ2v) is 8.07. The Kier molecular flexibility index (Phi) is 5.50. The zero-order chi connectivity index (χ0) is 17.7. The van der Waals surface area contributed by atoms with Crippen LogP contribution >= 0.6 is 0 Å². The molecule has 1 heterocycles. The SMILES string of the molecule is O=S(=O)(c1cccc(N=Cc2ccccc2O)c1)N1CCCCCC1. The van der Waals surface area contributed by atoms with Gasteiger partial charge in [-0.25, -0.2) is 8.42 Å². The van der Waals surface area contributed by atoms with E-state index in [1.807, 2.05) is 0 Å². The molecule has 6 heteroatoms. The summed E-state index contributed by atoms with van der Waals surface area (Å²) in [7, 11) is -3.49. The number of nitrogens with zero attached hydrogens (tertiary/aromatic N) is 2. The van der Waals surface area contributed by atoms with Crippen LogP contribution < -0.4 is 0 Å². The number of hydrogen-bond donors (Lipinski definition) is 1. The molecule has 132 valence electrons. The van der Waals surface area contributed by atoms with E-state index in [0.717, 1.165) is 25.7 Å². The largest absolute Gasteiger partial charge is 0.507 e. The zero-order valence-corrected chi connectivity index (χ0v) is 14.8. The van der Waals surface area contributed by atoms with Gasteiger partial charge in [-0.05, 0) is 43.2 Å². The predicted molar refractivity (Wildman–Crippen MR) is 99.0 cm³/mol. The fraction of sp³-hybridized carbons (Fsp3) is 0.316. The molecule has 0 radical (unpaired) electrons. The van der Waals surface area contributed by atoms with Crippen molar-refractivity contribution in [1.29, 1.82) is 0 Å². The number of aromatic hydroxyl groups is 1. The lowest BCUT2D eigenvalue weighted by molar-refractivity contribution is 0.424. The molecule has 1 fully saturated rings. The van der Waals surface area contributed by atoms with E-state index in [1.54, 1.807) is 52.8 Å². The van der Waals surface area contributed by atoms with Crippen molar-refractivity contribution in [2.45, 2.75) is 30.6 Å². The molecule has 0 unspecified atom stereocenters. The summed E-state index contributed by atoms with van der Waals surface area (Å²) in [5.74, 6) is 0.139. The van der Waals surface area contributed by atoms with Crippen LogP contribution in [-0.2, 0) is 10.0 Å². The van der Waals surface area contributed by atoms with E-state index in [4.69, 9.17) is 0 Å². The molecule has 2 aromatic rings. The monoisotopic (exact) mass is 358 g/mol. The molecule has 0 spiro atoms. The van der Waals surface area contributed by atoms with Crippen LogP contribution in [0.25, 0.3) is 0 Å². The van der Waals surface area contributed by atoms with Gasteiger partial charge in [0.15, 0.2) is 0 Å². The number of aliphatic imine (C=N–C) groups is 1. The van der Waals surface area contributed by atoms with Gasteiger partial charge in [0.25, 0.3) is 0 Å². The lowest BCUT2D eigenvalue weighted by Crippen LogP contribution is -2.31. The Morgan fingerprint density at radius 2 is 1.68 bits per heavy atom. The molecule has 1 aliphatic rings. The predicted octanol–water partition coefficient (Wildman–Crippen LogP) is 3.71. The smallest absolute Gasteiger partial charge is 0.243 e. The summed E-state index contributed by atoms with van der Waals surface area (Å²) in [4.78, 5) is 4.57. The molecule has 0 aromatic heterocycles. The third-order valence-corrected chi connectivity index (χ3v) is 6.20. The Balaban J connectivity index is 1.84. The molecule has 0 amide bonds. The topological polar surface area (TPSA) is 70.0 Å². The summed E-state index contributed by atoms with van der Waals surface area (Å²) >= 11 is 0. The average molecular weight is 358 g/mol. The fourth-order valence-corrected chi connectivity index (χ4v) is 4.45. The average Bonchev–Trinajstić information content (AvgIpc) is 2.91. The third kappa shape index (κ3) is 4.27. The molecule has 0 saturated carbocycles. The maximum Gasteiger partial charge on any atom is 0.243 e. The third-order valence-electron chi connectivity index (χ3n) is 4.31. The van der Waals surface area contributed by atoms with Crippen LogP contribution in [0.5, 0.6) is 5.75 Å². The summed E-state index contributed by atoms with van der Waals surface area (Å²) in [5.41, 5.74) is 1.13. The summed E-state index contributed by atoms with van der Waals surface area (Å²) in [6.07, 6.45) is 5.51. The standard InChI is InChI=1S/C19H22N2O3S/c22-19-11-4-3-8-16(19)15-20-17-9-7-10-18(14-17)25(23,24)21-12-5-1-2-6-13-21/h3-4,7-11,14-15,22H,1-2,5-6,12-13H2. The van der Waals surface area contributed by atoms with Crippen LogP contribution in [0.1, 0.15) is 31.2 Å². The molecule has 25 heavy (non-hydrogen) atoms. The first-order valence-electron chi connectivity index (χ1n) is 8.50. The number of para-hydroxylation sites is 1. The molecule has 5 nitrogen and oxygen atoms in total. The molecule has 1 aliphatic heterocycles. The molecule has 0 aliphatic carbocycles. The zero-order valence-electron chi connectivity index (χ0n) is 14.0. The molecule has 1 saturated heterocycles. The van der Waals surface area contributed by atoms with Gasteiger partial charge in [-0.2, -0.15) is 4.31 Å². The molecule has 3 rings (SSSR count). The molecule has 0 bridgehead atoms. The van der Waals surface area contributed by atoms with Gasteiger partial charge in [-0.15, -0.1) is 0 Å². The Morgan fingerprint density at radius 3 is 2.40 bits per heavy atom. The Bertz CT molecular complexity index is 854. The number of hydrogen-bond acceptors (Lipinski definition) is 4. The van der Waals surface area contributed by atoms with E-state index in [9.17, 15) is 13.5 Å². The van der Waals surface area contributed by atoms with Crippen molar-refractivity contribution in [2.75, 3.05) is 13.1 Å². The van der Waals surface area contributed by atoms with E-state index in [2.05, 4.69) is 4.99 Å². The first-order chi connectivity index (χ1) is 12.1. The molecule has 0 atom stereocenters. The van der Waals surface area contributed by atoms with Gasteiger partial charge in [-0.3, -0.25) is 4.99 Å². The summed E-state index contributed by atoms with van der Waals surface area (Å²) in [6, 6.07) is 13.5. The Hall–Kier alpha value is -2.18. The van der Waals surface area contributed by atoms with Crippen LogP contribution in [0.4, 0.5) is 5.69 Å². The minimum absolute atomic E-state index is 0.139. The number of sulfonamides is 1. The minimum atomic E-state index is -3.49. The van der Waals surface area contributed by atoms with Crippen LogP contribution in [0.15, 0.2) is 58.4 Å². The Morgan fingerprint density at radius 1 is 0.960 bits per heavy atom. The van der Waals surface area contributed by atoms with Crippen molar-refractivity contribution < 1.29 is 13.5 Å². The first-order valence-corrected chi connectivity index (χ1v) is 9.94. The lowest BCUT2D eigenvalue weighted by Gasteiger charge is -2.20. The van der Waals surface area contributed by atoms with Gasteiger partial charge in [0.1, 0.15) is 5.75 Å². The highest BCUT2D eigenvalue weighted by molar-refractivity contribution is 7.89. The van der Waals surface area contributed by atoms with Crippen LogP contribution in [0.3, 0.4) is 0 Å². The van der Waals surface area contributed by atoms with E-state index < -0.39 is 10.0 Å². The molecular formula is C19H22N2O3S. The van der Waals surface area contributed by atoms with Gasteiger partial charge in [-0.1, -0.05) is 31.0 Å². The second-order valence-electron chi connectivity index (χ2n) is 6.13. The van der Waals surface area contributed by atoms with Gasteiger partial charge < -0.3 is 5.11 Å². The van der Waals surface area contributed by atoms with Crippen LogP contribution in [0, 0.1) is 0 Å². The maximum atomic E-state index is 12.9. The van der Waals surface area contributed by atoms with Crippen molar-refractivity contribution in [2.24, 2.45) is 4.99 Å². The number of phenols is 1. The van der Waals surface area contributed by atoms with Crippen LogP contribution in [0.2, 0.25) is 0 Å². The van der Waals surface area contributed by atoms with Crippen molar-refractivity contribution in [3.63, 3.8) is 0 Å². The van der Waals surface area contributed by atoms with Crippen molar-refractivity contribution in [1.82, 2.24) is 4.31 Å². The van der Waals surface area contributed by atoms with Gasteiger partial charge in [0.05, 0.1) is 10.6 Å². The van der Waals surface area contributed by atoms with Gasteiger partial charge >= 0.3 is 0 Å². The molecular weight excluding hydrogens is 336 g/mol. The van der Waals surface area contributed by atoms with Gasteiger partial charge in [0, 0.05) is 24.9 Å². The summed E-state index contributed by atoms with van der Waals surface area (Å²) < 4.78 is 27.3. The molecule has 1 N–H and O–H groups in total. The minimum Gasteiger partial charge on any atom is -0.507 e. The first kappa shape index (κ1) is 17.6. The highest BCUT2D eigenvalue weighted by atomic mass is 32.2. The number of rotatable bonds is 4. The number of benzene rings is 2. The highest BCUT2D eigenvalue weighted by Gasteiger charge is 2.25. The maximum absolute atomic E-state index is 12.9. The summed E-state index contributed by atoms with van der Waals surface area (Å²) in [5, 5.41) is 9.78. The lowest BCUT2D eigenvalue weighted by atomic mass is 10.2. The van der Waals surface area contributed by atoms with Crippen LogP contribution in [-0.4, -0.2) is 37.1 Å². The van der Waals surface area contributed by atoms with E-state index >= 15 is 0 Å². The quantitative estimate of drug-likeness (QED) is 0.847. The van der Waals surface area contributed by atoms with Crippen molar-refractivity contribution in [3.05, 3.63) is 54.1 Å². The van der Waals surface area contributed by atoms with E-state index in [0.29, 0.717) is 24.3 Å². The Labute approximate surface area is 148 Å². The van der Waals surface area contributed by atoms with E-state index in [-0.39, 0.29) is 10.6 Å². The molecule has 2 aromatic carbocycles. The fourth-order valence-electron chi connectivity index (χ4n) is 2.90. The normalized spacial score (nSPS) is 16.8. The van der Waals surface area contributed by atoms with Crippen molar-refractivity contribution in [3.8, 4) is 5.75 Å².